The molecule has 0 radical (unpaired) electrons. The Kier molecular flexibility index (Phi) is 7.52. The molecule has 0 aliphatic carbocycles. The van der Waals surface area contributed by atoms with Gasteiger partial charge in [0.15, 0.2) is 0 Å². The summed E-state index contributed by atoms with van der Waals surface area (Å²) in [6, 6.07) is 14.1. The molecule has 3 aromatic rings. The molecule has 1 aliphatic heterocycles. The summed E-state index contributed by atoms with van der Waals surface area (Å²) < 4.78 is 33.5. The minimum absolute atomic E-state index is 0.0189. The number of halogens is 4. The third kappa shape index (κ3) is 6.15. The molecule has 0 bridgehead atoms. The Hall–Kier alpha value is -3.16. The molecule has 1 heterocycles. The van der Waals surface area contributed by atoms with Gasteiger partial charge in [-0.05, 0) is 59.5 Å². The number of hydrogen-bond donors (Lipinski definition) is 1. The van der Waals surface area contributed by atoms with Gasteiger partial charge < -0.3 is 14.7 Å². The van der Waals surface area contributed by atoms with E-state index in [0.29, 0.717) is 29.7 Å². The number of ether oxygens (including phenoxy) is 1. The molecule has 1 N–H and O–H groups in total. The number of nitrogens with zero attached hydrogens (tertiary/aromatic N) is 1. The van der Waals surface area contributed by atoms with Gasteiger partial charge in [0.05, 0.1) is 16.5 Å². The molecule has 0 aromatic heterocycles. The van der Waals surface area contributed by atoms with Gasteiger partial charge in [-0.3, -0.25) is 9.59 Å². The Labute approximate surface area is 217 Å². The van der Waals surface area contributed by atoms with Crippen LogP contribution in [-0.4, -0.2) is 34.0 Å². The number of carbonyl (C=O) groups excluding carboxylic acids is 1. The Bertz CT molecular complexity index is 1330. The lowest BCUT2D eigenvalue weighted by atomic mass is 9.91. The standard InChI is InChI=1S/C27H23Cl2F2NO4/c1-27(12-17-2-5-20(28)23(31)10-17)13-19-8-16(4-7-24(19)36-27)11-25(33)32(15-26(34)35)14-18-3-6-22(30)21(29)9-18/h2-10H,11-15H2,1H3,(H,34,35). The molecule has 0 saturated heterocycles. The summed E-state index contributed by atoms with van der Waals surface area (Å²) in [7, 11) is 0. The van der Waals surface area contributed by atoms with Gasteiger partial charge in [0, 0.05) is 19.4 Å². The van der Waals surface area contributed by atoms with Crippen molar-refractivity contribution >= 4 is 35.1 Å². The van der Waals surface area contributed by atoms with Crippen LogP contribution in [0.15, 0.2) is 54.6 Å². The molecule has 0 fully saturated rings. The lowest BCUT2D eigenvalue weighted by Gasteiger charge is -2.24. The first kappa shape index (κ1) is 25.9. The predicted octanol–water partition coefficient (Wildman–Crippen LogP) is 5.86. The fourth-order valence-electron chi connectivity index (χ4n) is 4.41. The van der Waals surface area contributed by atoms with Crippen molar-refractivity contribution in [1.29, 1.82) is 0 Å². The molecule has 1 atom stereocenters. The van der Waals surface area contributed by atoms with E-state index in [-0.39, 0.29) is 23.0 Å². The van der Waals surface area contributed by atoms with Gasteiger partial charge in [0.2, 0.25) is 5.91 Å². The maximum atomic E-state index is 13.9. The van der Waals surface area contributed by atoms with Gasteiger partial charge in [-0.2, -0.15) is 0 Å². The second-order valence-corrected chi connectivity index (χ2v) is 9.98. The van der Waals surface area contributed by atoms with Crippen LogP contribution < -0.4 is 4.74 Å². The summed E-state index contributed by atoms with van der Waals surface area (Å²) in [5.41, 5.74) is 2.30. The molecule has 9 heteroatoms. The Morgan fingerprint density at radius 1 is 0.972 bits per heavy atom. The summed E-state index contributed by atoms with van der Waals surface area (Å²) in [4.78, 5) is 25.6. The first-order valence-electron chi connectivity index (χ1n) is 11.2. The van der Waals surface area contributed by atoms with Gasteiger partial charge in [0.1, 0.15) is 29.5 Å². The van der Waals surface area contributed by atoms with E-state index in [4.69, 9.17) is 27.9 Å². The molecule has 1 amide bonds. The smallest absolute Gasteiger partial charge is 0.323 e. The third-order valence-corrected chi connectivity index (χ3v) is 6.60. The van der Waals surface area contributed by atoms with Crippen LogP contribution in [-0.2, 0) is 35.4 Å². The Balaban J connectivity index is 1.46. The maximum Gasteiger partial charge on any atom is 0.323 e. The van der Waals surface area contributed by atoms with E-state index in [1.807, 2.05) is 13.0 Å². The zero-order valence-corrected chi connectivity index (χ0v) is 20.9. The highest BCUT2D eigenvalue weighted by molar-refractivity contribution is 6.31. The van der Waals surface area contributed by atoms with E-state index in [9.17, 15) is 23.5 Å². The monoisotopic (exact) mass is 533 g/mol. The molecule has 5 nitrogen and oxygen atoms in total. The van der Waals surface area contributed by atoms with Crippen molar-refractivity contribution in [3.63, 3.8) is 0 Å². The summed E-state index contributed by atoms with van der Waals surface area (Å²) in [6.07, 6.45) is 1.01. The summed E-state index contributed by atoms with van der Waals surface area (Å²) in [6.45, 7) is 1.42. The van der Waals surface area contributed by atoms with Crippen LogP contribution >= 0.6 is 23.2 Å². The van der Waals surface area contributed by atoms with Crippen LogP contribution in [0.4, 0.5) is 8.78 Å². The SMILES string of the molecule is CC1(Cc2ccc(Cl)c(F)c2)Cc2cc(CC(=O)N(CC(=O)O)Cc3ccc(F)c(Cl)c3)ccc2O1. The molecule has 36 heavy (non-hydrogen) atoms. The topological polar surface area (TPSA) is 66.8 Å². The number of hydrogen-bond acceptors (Lipinski definition) is 3. The lowest BCUT2D eigenvalue weighted by Crippen LogP contribution is -2.36. The Morgan fingerprint density at radius 2 is 1.69 bits per heavy atom. The quantitative estimate of drug-likeness (QED) is 0.393. The van der Waals surface area contributed by atoms with Crippen molar-refractivity contribution in [2.24, 2.45) is 0 Å². The number of carbonyl (C=O) groups is 2. The highest BCUT2D eigenvalue weighted by atomic mass is 35.5. The van der Waals surface area contributed by atoms with Gasteiger partial charge in [0.25, 0.3) is 0 Å². The van der Waals surface area contributed by atoms with Crippen LogP contribution in [0.3, 0.4) is 0 Å². The molecule has 188 valence electrons. The summed E-state index contributed by atoms with van der Waals surface area (Å²) >= 11 is 11.6. The first-order valence-corrected chi connectivity index (χ1v) is 12.0. The summed E-state index contributed by atoms with van der Waals surface area (Å²) in [5, 5.41) is 9.25. The average Bonchev–Trinajstić information content (AvgIpc) is 3.13. The van der Waals surface area contributed by atoms with Crippen molar-refractivity contribution in [2.45, 2.75) is 38.3 Å². The number of amides is 1. The van der Waals surface area contributed by atoms with Gasteiger partial charge in [-0.1, -0.05) is 47.5 Å². The largest absolute Gasteiger partial charge is 0.487 e. The minimum atomic E-state index is -1.16. The van der Waals surface area contributed by atoms with Crippen molar-refractivity contribution < 1.29 is 28.2 Å². The Morgan fingerprint density at radius 3 is 2.39 bits per heavy atom. The van der Waals surface area contributed by atoms with Crippen LogP contribution in [0, 0.1) is 11.6 Å². The number of aliphatic carboxylic acids is 1. The van der Waals surface area contributed by atoms with E-state index in [1.54, 1.807) is 18.2 Å². The number of carboxylic acid groups (broad SMARTS) is 1. The van der Waals surface area contributed by atoms with Crippen molar-refractivity contribution in [3.8, 4) is 5.75 Å². The zero-order chi connectivity index (χ0) is 26.0. The highest BCUT2D eigenvalue weighted by Gasteiger charge is 2.35. The van der Waals surface area contributed by atoms with Crippen LogP contribution in [0.1, 0.15) is 29.2 Å². The normalized spacial score (nSPS) is 16.4. The highest BCUT2D eigenvalue weighted by Crippen LogP contribution is 2.38. The van der Waals surface area contributed by atoms with Gasteiger partial charge in [-0.15, -0.1) is 0 Å². The minimum Gasteiger partial charge on any atom is -0.487 e. The van der Waals surface area contributed by atoms with Crippen LogP contribution in [0.2, 0.25) is 10.0 Å². The number of carboxylic acids is 1. The molecular formula is C27H23Cl2F2NO4. The zero-order valence-electron chi connectivity index (χ0n) is 19.4. The fourth-order valence-corrected chi connectivity index (χ4v) is 4.73. The average molecular weight is 534 g/mol. The van der Waals surface area contributed by atoms with Crippen molar-refractivity contribution in [1.82, 2.24) is 4.90 Å². The van der Waals surface area contributed by atoms with Gasteiger partial charge in [-0.25, -0.2) is 8.78 Å². The first-order chi connectivity index (χ1) is 17.0. The van der Waals surface area contributed by atoms with E-state index in [0.717, 1.165) is 11.1 Å². The molecular weight excluding hydrogens is 511 g/mol. The van der Waals surface area contributed by atoms with Crippen molar-refractivity contribution in [2.75, 3.05) is 6.54 Å². The van der Waals surface area contributed by atoms with E-state index in [2.05, 4.69) is 0 Å². The van der Waals surface area contributed by atoms with Crippen LogP contribution in [0.25, 0.3) is 0 Å². The lowest BCUT2D eigenvalue weighted by molar-refractivity contribution is -0.144. The molecule has 1 unspecified atom stereocenters. The molecule has 0 spiro atoms. The second-order valence-electron chi connectivity index (χ2n) is 9.16. The van der Waals surface area contributed by atoms with Gasteiger partial charge >= 0.3 is 5.97 Å². The number of fused-ring (bicyclic) bond motifs is 1. The van der Waals surface area contributed by atoms with Crippen molar-refractivity contribution in [3.05, 3.63) is 98.5 Å². The number of benzene rings is 3. The van der Waals surface area contributed by atoms with Crippen LogP contribution in [0.5, 0.6) is 5.75 Å². The third-order valence-electron chi connectivity index (χ3n) is 6.00. The molecule has 4 rings (SSSR count). The molecule has 3 aromatic carbocycles. The maximum absolute atomic E-state index is 13.9. The van der Waals surface area contributed by atoms with E-state index >= 15 is 0 Å². The summed E-state index contributed by atoms with van der Waals surface area (Å²) in [5.74, 6) is -1.94. The van der Waals surface area contributed by atoms with E-state index in [1.165, 1.54) is 35.2 Å². The second kappa shape index (κ2) is 10.4. The molecule has 1 aliphatic rings. The van der Waals surface area contributed by atoms with E-state index < -0.39 is 35.7 Å². The predicted molar refractivity (Wildman–Crippen MR) is 132 cm³/mol. The number of rotatable bonds is 8. The molecule has 0 saturated carbocycles. The fraction of sp³-hybridized carbons (Fsp3) is 0.259.